The zero-order valence-corrected chi connectivity index (χ0v) is 9.74. The molecule has 7 heteroatoms. The van der Waals surface area contributed by atoms with Crippen molar-refractivity contribution in [3.05, 3.63) is 11.6 Å². The Labute approximate surface area is 96.1 Å². The fourth-order valence-electron chi connectivity index (χ4n) is 1.02. The molecule has 0 bridgehead atoms. The number of nitrogens with zero attached hydrogens (tertiary/aromatic N) is 3. The van der Waals surface area contributed by atoms with Crippen LogP contribution in [0.5, 0.6) is 0 Å². The van der Waals surface area contributed by atoms with E-state index in [1.807, 2.05) is 6.92 Å². The Kier molecular flexibility index (Phi) is 3.98. The van der Waals surface area contributed by atoms with Gasteiger partial charge < -0.3 is 0 Å². The number of aromatic nitrogens is 3. The predicted molar refractivity (Wildman–Crippen MR) is 54.1 cm³/mol. The van der Waals surface area contributed by atoms with Crippen LogP contribution in [0.25, 0.3) is 0 Å². The molecule has 0 aliphatic carbocycles. The van der Waals surface area contributed by atoms with Crippen LogP contribution in [0.15, 0.2) is 0 Å². The summed E-state index contributed by atoms with van der Waals surface area (Å²) in [6.07, 6.45) is 1.78. The second kappa shape index (κ2) is 4.64. The molecule has 0 radical (unpaired) electrons. The summed E-state index contributed by atoms with van der Waals surface area (Å²) in [5.41, 5.74) is -0.101. The Morgan fingerprint density at radius 1 is 1.43 bits per heavy atom. The van der Waals surface area contributed by atoms with Crippen molar-refractivity contribution in [2.45, 2.75) is 30.1 Å². The molecule has 0 saturated carbocycles. The summed E-state index contributed by atoms with van der Waals surface area (Å²) in [6, 6.07) is 0. The summed E-state index contributed by atoms with van der Waals surface area (Å²) in [7, 11) is 0. The quantitative estimate of drug-likeness (QED) is 0.782. The summed E-state index contributed by atoms with van der Waals surface area (Å²) in [4.78, 5) is 0. The van der Waals surface area contributed by atoms with E-state index in [-0.39, 0.29) is 5.69 Å². The van der Waals surface area contributed by atoms with Gasteiger partial charge in [0.1, 0.15) is 5.69 Å². The molecule has 1 aromatic rings. The summed E-state index contributed by atoms with van der Waals surface area (Å²) in [5.74, 6) is -0.832. The van der Waals surface area contributed by atoms with Crippen molar-refractivity contribution in [1.82, 2.24) is 15.0 Å². The highest BCUT2D eigenvalue weighted by atomic mass is 35.6. The first-order valence-corrected chi connectivity index (χ1v) is 5.26. The van der Waals surface area contributed by atoms with Crippen molar-refractivity contribution >= 4 is 34.8 Å². The third-order valence-electron chi connectivity index (χ3n) is 1.69. The van der Waals surface area contributed by atoms with Crippen molar-refractivity contribution in [1.29, 1.82) is 0 Å². The maximum atomic E-state index is 13.1. The van der Waals surface area contributed by atoms with Gasteiger partial charge in [0.25, 0.3) is 5.95 Å². The highest BCUT2D eigenvalue weighted by Gasteiger charge is 2.32. The van der Waals surface area contributed by atoms with Crippen LogP contribution in [0.4, 0.5) is 4.39 Å². The van der Waals surface area contributed by atoms with E-state index in [1.54, 1.807) is 0 Å². The highest BCUT2D eigenvalue weighted by molar-refractivity contribution is 6.66. The number of hydrogen-bond donors (Lipinski definition) is 0. The molecule has 1 aromatic heterocycles. The van der Waals surface area contributed by atoms with Gasteiger partial charge in [-0.3, -0.25) is 0 Å². The van der Waals surface area contributed by atoms with Gasteiger partial charge >= 0.3 is 0 Å². The van der Waals surface area contributed by atoms with Gasteiger partial charge in [0, 0.05) is 6.54 Å². The largest absolute Gasteiger partial charge is 0.260 e. The minimum Gasteiger partial charge on any atom is -0.242 e. The fraction of sp³-hybridized carbons (Fsp3) is 0.714. The first-order valence-electron chi connectivity index (χ1n) is 4.13. The Morgan fingerprint density at radius 3 is 2.57 bits per heavy atom. The number of rotatable bonds is 3. The molecule has 0 amide bonds. The SMILES string of the molecule is CCCCn1nnc(F)c1C(Cl)(Cl)Cl. The highest BCUT2D eigenvalue weighted by Crippen LogP contribution is 2.38. The van der Waals surface area contributed by atoms with Crippen molar-refractivity contribution in [3.63, 3.8) is 0 Å². The average molecular weight is 261 g/mol. The maximum absolute atomic E-state index is 13.1. The van der Waals surface area contributed by atoms with Crippen molar-refractivity contribution in [2.75, 3.05) is 0 Å². The van der Waals surface area contributed by atoms with Crippen LogP contribution in [-0.2, 0) is 10.3 Å². The number of alkyl halides is 3. The van der Waals surface area contributed by atoms with Crippen LogP contribution in [-0.4, -0.2) is 15.0 Å². The zero-order chi connectivity index (χ0) is 10.8. The summed E-state index contributed by atoms with van der Waals surface area (Å²) < 4.78 is 12.6. The van der Waals surface area contributed by atoms with E-state index < -0.39 is 9.74 Å². The van der Waals surface area contributed by atoms with Gasteiger partial charge in [-0.25, -0.2) is 4.68 Å². The number of unbranched alkanes of at least 4 members (excludes halogenated alkanes) is 1. The third-order valence-corrected chi connectivity index (χ3v) is 2.22. The summed E-state index contributed by atoms with van der Waals surface area (Å²) in [5, 5.41) is 6.79. The topological polar surface area (TPSA) is 30.7 Å². The predicted octanol–water partition coefficient (Wildman–Crippen LogP) is 3.04. The lowest BCUT2D eigenvalue weighted by molar-refractivity contribution is 0.534. The zero-order valence-electron chi connectivity index (χ0n) is 7.47. The van der Waals surface area contributed by atoms with E-state index in [0.29, 0.717) is 6.54 Å². The molecule has 0 aliphatic heterocycles. The van der Waals surface area contributed by atoms with Gasteiger partial charge in [0.05, 0.1) is 0 Å². The van der Waals surface area contributed by atoms with Crippen molar-refractivity contribution < 1.29 is 4.39 Å². The van der Waals surface area contributed by atoms with Crippen molar-refractivity contribution in [2.24, 2.45) is 0 Å². The van der Waals surface area contributed by atoms with Crippen LogP contribution in [0.3, 0.4) is 0 Å². The molecule has 1 heterocycles. The number of aryl methyl sites for hydroxylation is 1. The average Bonchev–Trinajstić information content (AvgIpc) is 2.42. The first kappa shape index (κ1) is 12.0. The van der Waals surface area contributed by atoms with Crippen molar-refractivity contribution in [3.8, 4) is 0 Å². The smallest absolute Gasteiger partial charge is 0.242 e. The molecular weight excluding hydrogens is 251 g/mol. The summed E-state index contributed by atoms with van der Waals surface area (Å²) in [6.45, 7) is 2.50. The molecule has 0 aliphatic rings. The van der Waals surface area contributed by atoms with Gasteiger partial charge in [-0.2, -0.15) is 4.39 Å². The molecular formula is C7H9Cl3FN3. The molecule has 0 fully saturated rings. The van der Waals surface area contributed by atoms with Crippen LogP contribution < -0.4 is 0 Å². The van der Waals surface area contributed by atoms with Crippen LogP contribution in [0.1, 0.15) is 25.5 Å². The Bertz CT molecular complexity index is 308. The Hall–Kier alpha value is -0.0600. The standard InChI is InChI=1S/C7H9Cl3FN3/c1-2-3-4-14-5(7(8,9)10)6(11)12-13-14/h2-4H2,1H3. The fourth-order valence-corrected chi connectivity index (χ4v) is 1.55. The molecule has 0 spiro atoms. The Balaban J connectivity index is 2.95. The lowest BCUT2D eigenvalue weighted by Gasteiger charge is -2.11. The molecule has 0 unspecified atom stereocenters. The molecule has 0 atom stereocenters. The lowest BCUT2D eigenvalue weighted by Crippen LogP contribution is -2.13. The van der Waals surface area contributed by atoms with E-state index >= 15 is 0 Å². The third kappa shape index (κ3) is 2.72. The van der Waals surface area contributed by atoms with E-state index in [4.69, 9.17) is 34.8 Å². The molecule has 14 heavy (non-hydrogen) atoms. The lowest BCUT2D eigenvalue weighted by atomic mass is 10.3. The number of hydrogen-bond acceptors (Lipinski definition) is 2. The first-order chi connectivity index (χ1) is 6.46. The van der Waals surface area contributed by atoms with E-state index in [0.717, 1.165) is 12.8 Å². The van der Waals surface area contributed by atoms with Crippen LogP contribution in [0.2, 0.25) is 0 Å². The minimum atomic E-state index is -1.82. The molecule has 0 N–H and O–H groups in total. The second-order valence-electron chi connectivity index (χ2n) is 2.80. The van der Waals surface area contributed by atoms with Gasteiger partial charge in [0.2, 0.25) is 3.79 Å². The molecule has 0 aromatic carbocycles. The van der Waals surface area contributed by atoms with E-state index in [1.165, 1.54) is 4.68 Å². The molecule has 3 nitrogen and oxygen atoms in total. The second-order valence-corrected chi connectivity index (χ2v) is 5.08. The summed E-state index contributed by atoms with van der Waals surface area (Å²) >= 11 is 16.7. The monoisotopic (exact) mass is 259 g/mol. The maximum Gasteiger partial charge on any atom is 0.260 e. The van der Waals surface area contributed by atoms with Gasteiger partial charge in [0.15, 0.2) is 0 Å². The normalized spacial score (nSPS) is 12.1. The van der Waals surface area contributed by atoms with Crippen LogP contribution in [0, 0.1) is 5.95 Å². The minimum absolute atomic E-state index is 0.101. The van der Waals surface area contributed by atoms with Gasteiger partial charge in [-0.1, -0.05) is 58.5 Å². The molecule has 80 valence electrons. The van der Waals surface area contributed by atoms with E-state index in [9.17, 15) is 4.39 Å². The Morgan fingerprint density at radius 2 is 2.07 bits per heavy atom. The number of halogens is 4. The van der Waals surface area contributed by atoms with Crippen LogP contribution >= 0.6 is 34.8 Å². The van der Waals surface area contributed by atoms with Gasteiger partial charge in [-0.15, -0.1) is 0 Å². The molecule has 0 saturated heterocycles. The van der Waals surface area contributed by atoms with Gasteiger partial charge in [-0.05, 0) is 6.42 Å². The molecule has 1 rings (SSSR count). The van der Waals surface area contributed by atoms with E-state index in [2.05, 4.69) is 10.3 Å².